The van der Waals surface area contributed by atoms with Gasteiger partial charge in [0, 0.05) is 7.05 Å². The summed E-state index contributed by atoms with van der Waals surface area (Å²) in [5, 5.41) is 9.19. The second-order valence-electron chi connectivity index (χ2n) is 2.22. The van der Waals surface area contributed by atoms with Crippen molar-refractivity contribution in [1.82, 2.24) is 5.06 Å². The number of carboxylic acids is 1. The van der Waals surface area contributed by atoms with Crippen LogP contribution >= 0.6 is 0 Å². The van der Waals surface area contributed by atoms with E-state index in [9.17, 15) is 9.59 Å². The van der Waals surface area contributed by atoms with Gasteiger partial charge in [-0.1, -0.05) is 0 Å². The van der Waals surface area contributed by atoms with E-state index in [4.69, 9.17) is 10.8 Å². The average Bonchev–Trinajstić information content (AvgIpc) is 2.00. The van der Waals surface area contributed by atoms with Gasteiger partial charge in [0.25, 0.3) is 5.91 Å². The Kier molecular flexibility index (Phi) is 4.24. The van der Waals surface area contributed by atoms with Gasteiger partial charge in [-0.05, 0) is 0 Å². The largest absolute Gasteiger partial charge is 0.481 e. The highest BCUT2D eigenvalue weighted by atomic mass is 16.7. The zero-order chi connectivity index (χ0) is 9.72. The number of nitrogens with zero attached hydrogens (tertiary/aromatic N) is 1. The molecule has 0 radical (unpaired) electrons. The number of carboxylic acid groups (broad SMARTS) is 1. The van der Waals surface area contributed by atoms with Crippen LogP contribution in [0.4, 0.5) is 0 Å². The van der Waals surface area contributed by atoms with E-state index in [1.807, 2.05) is 0 Å². The molecule has 0 aromatic rings. The highest BCUT2D eigenvalue weighted by Crippen LogP contribution is 1.94. The lowest BCUT2D eigenvalue weighted by atomic mass is 10.2. The summed E-state index contributed by atoms with van der Waals surface area (Å²) < 4.78 is 0. The molecule has 0 saturated heterocycles. The Bertz CT molecular complexity index is 182. The Hall–Kier alpha value is -1.14. The molecule has 0 heterocycles. The lowest BCUT2D eigenvalue weighted by Crippen LogP contribution is -2.42. The van der Waals surface area contributed by atoms with Gasteiger partial charge in [-0.2, -0.15) is 0 Å². The average molecular weight is 176 g/mol. The van der Waals surface area contributed by atoms with Gasteiger partial charge in [-0.15, -0.1) is 0 Å². The predicted octanol–water partition coefficient (Wildman–Crippen LogP) is -1.19. The van der Waals surface area contributed by atoms with Crippen molar-refractivity contribution in [2.45, 2.75) is 12.5 Å². The first-order valence-electron chi connectivity index (χ1n) is 3.28. The van der Waals surface area contributed by atoms with Crippen LogP contribution in [0.1, 0.15) is 6.42 Å². The minimum Gasteiger partial charge on any atom is -0.481 e. The molecule has 0 aromatic carbocycles. The Morgan fingerprint density at radius 3 is 2.50 bits per heavy atom. The van der Waals surface area contributed by atoms with Crippen molar-refractivity contribution in [3.05, 3.63) is 0 Å². The Morgan fingerprint density at radius 2 is 2.17 bits per heavy atom. The number of aliphatic carboxylic acids is 1. The number of rotatable bonds is 4. The summed E-state index contributed by atoms with van der Waals surface area (Å²) in [6, 6.07) is -1.05. The van der Waals surface area contributed by atoms with E-state index >= 15 is 0 Å². The molecular weight excluding hydrogens is 164 g/mol. The zero-order valence-electron chi connectivity index (χ0n) is 6.98. The molecule has 6 nitrogen and oxygen atoms in total. The minimum absolute atomic E-state index is 0.396. The molecule has 1 amide bonds. The molecule has 0 aliphatic carbocycles. The van der Waals surface area contributed by atoms with Crippen molar-refractivity contribution >= 4 is 11.9 Å². The highest BCUT2D eigenvalue weighted by molar-refractivity contribution is 5.85. The smallest absolute Gasteiger partial charge is 0.305 e. The summed E-state index contributed by atoms with van der Waals surface area (Å²) in [5.74, 6) is -1.67. The molecule has 0 rings (SSSR count). The van der Waals surface area contributed by atoms with Crippen molar-refractivity contribution in [3.8, 4) is 0 Å². The van der Waals surface area contributed by atoms with Crippen LogP contribution in [0.2, 0.25) is 0 Å². The van der Waals surface area contributed by atoms with Gasteiger partial charge >= 0.3 is 5.97 Å². The third-order valence-electron chi connectivity index (χ3n) is 1.30. The number of amides is 1. The first-order valence-corrected chi connectivity index (χ1v) is 3.28. The third kappa shape index (κ3) is 3.31. The summed E-state index contributed by atoms with van der Waals surface area (Å²) >= 11 is 0. The topological polar surface area (TPSA) is 92.9 Å². The van der Waals surface area contributed by atoms with Crippen LogP contribution < -0.4 is 5.73 Å². The van der Waals surface area contributed by atoms with Gasteiger partial charge in [0.15, 0.2) is 0 Å². The number of hydrogen-bond donors (Lipinski definition) is 2. The van der Waals surface area contributed by atoms with Gasteiger partial charge in [-0.3, -0.25) is 14.4 Å². The fourth-order valence-electron chi connectivity index (χ4n) is 0.599. The first-order chi connectivity index (χ1) is 5.49. The quantitative estimate of drug-likeness (QED) is 0.525. The second-order valence-corrected chi connectivity index (χ2v) is 2.22. The van der Waals surface area contributed by atoms with Crippen molar-refractivity contribution in [3.63, 3.8) is 0 Å². The number of hydrogen-bond acceptors (Lipinski definition) is 4. The molecule has 6 heteroatoms. The van der Waals surface area contributed by atoms with E-state index in [2.05, 4.69) is 4.84 Å². The predicted molar refractivity (Wildman–Crippen MR) is 40.0 cm³/mol. The molecule has 3 N–H and O–H groups in total. The van der Waals surface area contributed by atoms with Crippen LogP contribution in [0.25, 0.3) is 0 Å². The summed E-state index contributed by atoms with van der Waals surface area (Å²) in [4.78, 5) is 25.7. The van der Waals surface area contributed by atoms with E-state index in [1.165, 1.54) is 14.2 Å². The minimum atomic E-state index is -1.11. The number of likely N-dealkylation sites (N-methyl/N-ethyl adjacent to an activating group) is 1. The maximum absolute atomic E-state index is 11.0. The Balaban J connectivity index is 4.01. The van der Waals surface area contributed by atoms with Crippen LogP contribution in [-0.4, -0.2) is 42.2 Å². The van der Waals surface area contributed by atoms with E-state index < -0.39 is 24.3 Å². The van der Waals surface area contributed by atoms with E-state index in [1.54, 1.807) is 0 Å². The molecule has 12 heavy (non-hydrogen) atoms. The van der Waals surface area contributed by atoms with Crippen LogP contribution in [0, 0.1) is 0 Å². The maximum atomic E-state index is 11.0. The van der Waals surface area contributed by atoms with E-state index in [0.29, 0.717) is 0 Å². The van der Waals surface area contributed by atoms with Gasteiger partial charge in [-0.25, -0.2) is 5.06 Å². The van der Waals surface area contributed by atoms with Crippen LogP contribution in [0.3, 0.4) is 0 Å². The standard InChI is InChI=1S/C6H12N2O4/c1-8(12-2)6(11)4(7)3-5(9)10/h4H,3,7H2,1-2H3,(H,9,10). The van der Waals surface area contributed by atoms with Crippen molar-refractivity contribution < 1.29 is 19.5 Å². The molecule has 0 aromatic heterocycles. The van der Waals surface area contributed by atoms with E-state index in [0.717, 1.165) is 5.06 Å². The molecule has 1 unspecified atom stereocenters. The SMILES string of the molecule is CON(C)C(=O)C(N)CC(=O)O. The van der Waals surface area contributed by atoms with Crippen molar-refractivity contribution in [2.24, 2.45) is 5.73 Å². The monoisotopic (exact) mass is 176 g/mol. The highest BCUT2D eigenvalue weighted by Gasteiger charge is 2.20. The lowest BCUT2D eigenvalue weighted by Gasteiger charge is -2.16. The summed E-state index contributed by atoms with van der Waals surface area (Å²) in [6.45, 7) is 0. The summed E-state index contributed by atoms with van der Waals surface area (Å²) in [5.41, 5.74) is 5.24. The molecule has 0 bridgehead atoms. The molecule has 0 saturated carbocycles. The van der Waals surface area contributed by atoms with Crippen molar-refractivity contribution in [2.75, 3.05) is 14.2 Å². The lowest BCUT2D eigenvalue weighted by molar-refractivity contribution is -0.171. The number of hydroxylamine groups is 2. The number of carbonyl (C=O) groups is 2. The third-order valence-corrected chi connectivity index (χ3v) is 1.30. The van der Waals surface area contributed by atoms with Gasteiger partial charge in [0.2, 0.25) is 0 Å². The van der Waals surface area contributed by atoms with Crippen LogP contribution in [0.5, 0.6) is 0 Å². The van der Waals surface area contributed by atoms with Gasteiger partial charge in [0.05, 0.1) is 19.6 Å². The first kappa shape index (κ1) is 10.9. The number of carbonyl (C=O) groups excluding carboxylic acids is 1. The Morgan fingerprint density at radius 1 is 1.67 bits per heavy atom. The Labute approximate surface area is 69.8 Å². The fraction of sp³-hybridized carbons (Fsp3) is 0.667. The fourth-order valence-corrected chi connectivity index (χ4v) is 0.599. The van der Waals surface area contributed by atoms with Gasteiger partial charge in [0.1, 0.15) is 0 Å². The van der Waals surface area contributed by atoms with Crippen LogP contribution in [-0.2, 0) is 14.4 Å². The normalized spacial score (nSPS) is 12.2. The molecule has 0 aliphatic heterocycles. The molecular formula is C6H12N2O4. The maximum Gasteiger partial charge on any atom is 0.305 e. The molecule has 70 valence electrons. The number of nitrogens with two attached hydrogens (primary N) is 1. The summed E-state index contributed by atoms with van der Waals surface area (Å²) in [6.07, 6.45) is -0.396. The van der Waals surface area contributed by atoms with Gasteiger partial charge < -0.3 is 10.8 Å². The summed E-state index contributed by atoms with van der Waals surface area (Å²) in [7, 11) is 2.66. The second kappa shape index (κ2) is 4.68. The molecule has 1 atom stereocenters. The molecule has 0 spiro atoms. The zero-order valence-corrected chi connectivity index (χ0v) is 6.98. The van der Waals surface area contributed by atoms with E-state index in [-0.39, 0.29) is 0 Å². The molecule has 0 aliphatic rings. The van der Waals surface area contributed by atoms with Crippen molar-refractivity contribution in [1.29, 1.82) is 0 Å². The van der Waals surface area contributed by atoms with Crippen LogP contribution in [0.15, 0.2) is 0 Å². The molecule has 0 fully saturated rings.